The van der Waals surface area contributed by atoms with Gasteiger partial charge in [-0.2, -0.15) is 0 Å². The summed E-state index contributed by atoms with van der Waals surface area (Å²) in [7, 11) is 0. The van der Waals surface area contributed by atoms with Crippen LogP contribution in [0.25, 0.3) is 0 Å². The normalized spacial score (nSPS) is 24.0. The van der Waals surface area contributed by atoms with Gasteiger partial charge < -0.3 is 20.4 Å². The molecule has 1 aromatic rings. The minimum atomic E-state index is 0.523. The van der Waals surface area contributed by atoms with E-state index in [0.29, 0.717) is 6.04 Å². The van der Waals surface area contributed by atoms with Crippen molar-refractivity contribution in [3.8, 4) is 0 Å². The average Bonchev–Trinajstić information content (AvgIpc) is 3.51. The van der Waals surface area contributed by atoms with Crippen molar-refractivity contribution in [2.45, 2.75) is 64.3 Å². The second-order valence-electron chi connectivity index (χ2n) is 8.87. The van der Waals surface area contributed by atoms with Gasteiger partial charge in [0, 0.05) is 63.7 Å². The van der Waals surface area contributed by atoms with E-state index in [-0.39, 0.29) is 0 Å². The summed E-state index contributed by atoms with van der Waals surface area (Å²) in [4.78, 5) is 14.7. The largest absolute Gasteiger partial charge is 0.357 e. The molecule has 1 aromatic heterocycles. The molecule has 6 nitrogen and oxygen atoms in total. The van der Waals surface area contributed by atoms with E-state index in [4.69, 9.17) is 9.98 Å². The Labute approximate surface area is 180 Å². The molecule has 0 spiro atoms. The highest BCUT2D eigenvalue weighted by molar-refractivity contribution is 7.13. The van der Waals surface area contributed by atoms with Crippen LogP contribution in [0, 0.1) is 5.92 Å². The van der Waals surface area contributed by atoms with E-state index in [1.54, 1.807) is 11.3 Å². The fourth-order valence-electron chi connectivity index (χ4n) is 4.93. The summed E-state index contributed by atoms with van der Waals surface area (Å²) in [6.45, 7) is 9.85. The summed E-state index contributed by atoms with van der Waals surface area (Å²) in [6.07, 6.45) is 10.5. The number of hydrogen-bond acceptors (Lipinski definition) is 5. The molecule has 3 heterocycles. The fraction of sp³-hybridized carbons (Fsp3) is 0.818. The predicted octanol–water partition coefficient (Wildman–Crippen LogP) is 3.11. The van der Waals surface area contributed by atoms with Crippen LogP contribution in [0.3, 0.4) is 0 Å². The van der Waals surface area contributed by atoms with Crippen molar-refractivity contribution < 1.29 is 0 Å². The van der Waals surface area contributed by atoms with Crippen molar-refractivity contribution in [3.63, 3.8) is 0 Å². The minimum absolute atomic E-state index is 0.523. The summed E-state index contributed by atoms with van der Waals surface area (Å²) in [5.74, 6) is 1.91. The zero-order valence-electron chi connectivity index (χ0n) is 18.0. The van der Waals surface area contributed by atoms with E-state index in [1.807, 2.05) is 0 Å². The van der Waals surface area contributed by atoms with E-state index in [9.17, 15) is 0 Å². The Morgan fingerprint density at radius 2 is 2.00 bits per heavy atom. The Hall–Kier alpha value is -1.34. The molecule has 29 heavy (non-hydrogen) atoms. The maximum atomic E-state index is 4.83. The van der Waals surface area contributed by atoms with E-state index in [0.717, 1.165) is 37.9 Å². The molecule has 1 unspecified atom stereocenters. The lowest BCUT2D eigenvalue weighted by Crippen LogP contribution is -2.45. The molecule has 1 aliphatic carbocycles. The van der Waals surface area contributed by atoms with Gasteiger partial charge in [-0.05, 0) is 44.9 Å². The van der Waals surface area contributed by atoms with Crippen molar-refractivity contribution in [2.24, 2.45) is 10.9 Å². The lowest BCUT2D eigenvalue weighted by atomic mass is 10.1. The Morgan fingerprint density at radius 1 is 1.17 bits per heavy atom. The van der Waals surface area contributed by atoms with Crippen LogP contribution in [0.2, 0.25) is 0 Å². The lowest BCUT2D eigenvalue weighted by Gasteiger charge is -2.21. The van der Waals surface area contributed by atoms with Crippen LogP contribution in [-0.4, -0.2) is 67.7 Å². The Kier molecular flexibility index (Phi) is 7.66. The van der Waals surface area contributed by atoms with Crippen molar-refractivity contribution in [2.75, 3.05) is 50.7 Å². The maximum Gasteiger partial charge on any atom is 0.191 e. The van der Waals surface area contributed by atoms with Crippen molar-refractivity contribution >= 4 is 22.4 Å². The van der Waals surface area contributed by atoms with Gasteiger partial charge in [0.05, 0.1) is 5.69 Å². The molecule has 162 valence electrons. The molecule has 1 saturated carbocycles. The quantitative estimate of drug-likeness (QED) is 0.502. The van der Waals surface area contributed by atoms with Crippen LogP contribution in [0.5, 0.6) is 0 Å². The summed E-state index contributed by atoms with van der Waals surface area (Å²) in [6, 6.07) is 0.523. The second-order valence-corrected chi connectivity index (χ2v) is 9.70. The molecule has 1 atom stereocenters. The summed E-state index contributed by atoms with van der Waals surface area (Å²) >= 11 is 1.78. The molecule has 4 rings (SSSR count). The monoisotopic (exact) mass is 418 g/mol. The molecule has 0 amide bonds. The van der Waals surface area contributed by atoms with Gasteiger partial charge in [-0.1, -0.05) is 12.8 Å². The third kappa shape index (κ3) is 6.07. The van der Waals surface area contributed by atoms with E-state index < -0.39 is 0 Å². The van der Waals surface area contributed by atoms with Crippen LogP contribution in [0.15, 0.2) is 10.4 Å². The highest BCUT2D eigenvalue weighted by atomic mass is 32.1. The number of nitrogens with one attached hydrogen (secondary N) is 2. The van der Waals surface area contributed by atoms with Crippen molar-refractivity contribution in [1.29, 1.82) is 0 Å². The number of nitrogens with zero attached hydrogens (tertiary/aromatic N) is 4. The number of aromatic nitrogens is 1. The molecular weight excluding hydrogens is 380 g/mol. The number of anilines is 1. The summed E-state index contributed by atoms with van der Waals surface area (Å²) in [5, 5.41) is 10.5. The zero-order chi connectivity index (χ0) is 19.9. The van der Waals surface area contributed by atoms with Crippen LogP contribution in [0.4, 0.5) is 5.13 Å². The second kappa shape index (κ2) is 10.6. The highest BCUT2D eigenvalue weighted by Crippen LogP contribution is 2.27. The number of guanidine groups is 1. The number of thiazole rings is 1. The van der Waals surface area contributed by atoms with Crippen LogP contribution in [-0.2, 0) is 6.42 Å². The molecule has 2 aliphatic heterocycles. The number of rotatable bonds is 8. The molecule has 3 fully saturated rings. The van der Waals surface area contributed by atoms with Gasteiger partial charge in [-0.15, -0.1) is 11.3 Å². The van der Waals surface area contributed by atoms with Crippen LogP contribution >= 0.6 is 11.3 Å². The van der Waals surface area contributed by atoms with Gasteiger partial charge in [0.1, 0.15) is 0 Å². The molecule has 2 N–H and O–H groups in total. The van der Waals surface area contributed by atoms with E-state index in [2.05, 4.69) is 32.7 Å². The number of hydrogen-bond donors (Lipinski definition) is 2. The van der Waals surface area contributed by atoms with Crippen LogP contribution < -0.4 is 15.5 Å². The summed E-state index contributed by atoms with van der Waals surface area (Å²) < 4.78 is 0. The van der Waals surface area contributed by atoms with Gasteiger partial charge in [0.25, 0.3) is 0 Å². The first-order chi connectivity index (χ1) is 14.3. The highest BCUT2D eigenvalue weighted by Gasteiger charge is 2.26. The Morgan fingerprint density at radius 3 is 2.79 bits per heavy atom. The van der Waals surface area contributed by atoms with Gasteiger partial charge in [0.15, 0.2) is 11.1 Å². The third-order valence-corrected chi connectivity index (χ3v) is 7.45. The van der Waals surface area contributed by atoms with Crippen LogP contribution in [0.1, 0.15) is 57.6 Å². The van der Waals surface area contributed by atoms with Crippen molar-refractivity contribution in [3.05, 3.63) is 11.1 Å². The van der Waals surface area contributed by atoms with Gasteiger partial charge >= 0.3 is 0 Å². The standard InChI is InChI=1S/C22H38N6S/c1-2-23-21(25-19-10-14-27(16-19)15-18-7-3-4-8-18)24-11-9-20-17-29-22(26-20)28-12-5-6-13-28/h17-19H,2-16H2,1H3,(H2,23,24,25). The molecule has 0 radical (unpaired) electrons. The molecule has 0 aromatic carbocycles. The van der Waals surface area contributed by atoms with E-state index in [1.165, 1.54) is 82.0 Å². The molecule has 2 saturated heterocycles. The lowest BCUT2D eigenvalue weighted by molar-refractivity contribution is 0.275. The SMILES string of the molecule is CCNC(=NCCc1csc(N2CCCC2)n1)NC1CCN(CC2CCCC2)C1. The fourth-order valence-corrected chi connectivity index (χ4v) is 5.85. The first-order valence-electron chi connectivity index (χ1n) is 11.8. The molecule has 7 heteroatoms. The first-order valence-corrected chi connectivity index (χ1v) is 12.6. The van der Waals surface area contributed by atoms with Gasteiger partial charge in [0.2, 0.25) is 0 Å². The topological polar surface area (TPSA) is 55.8 Å². The average molecular weight is 419 g/mol. The summed E-state index contributed by atoms with van der Waals surface area (Å²) in [5.41, 5.74) is 1.18. The number of aliphatic imine (C=N–C) groups is 1. The maximum absolute atomic E-state index is 4.83. The third-order valence-electron chi connectivity index (χ3n) is 6.50. The van der Waals surface area contributed by atoms with Gasteiger partial charge in [-0.25, -0.2) is 4.98 Å². The number of likely N-dealkylation sites (tertiary alicyclic amines) is 1. The smallest absolute Gasteiger partial charge is 0.191 e. The van der Waals surface area contributed by atoms with Crippen molar-refractivity contribution in [1.82, 2.24) is 20.5 Å². The molecule has 0 bridgehead atoms. The van der Waals surface area contributed by atoms with Gasteiger partial charge in [-0.3, -0.25) is 4.99 Å². The molecular formula is C22H38N6S. The first kappa shape index (κ1) is 20.9. The molecule has 3 aliphatic rings. The van der Waals surface area contributed by atoms with E-state index >= 15 is 0 Å². The Balaban J connectivity index is 1.22. The zero-order valence-corrected chi connectivity index (χ0v) is 18.9. The minimum Gasteiger partial charge on any atom is -0.357 e. The Bertz CT molecular complexity index is 647. The predicted molar refractivity (Wildman–Crippen MR) is 123 cm³/mol.